The van der Waals surface area contributed by atoms with Crippen molar-refractivity contribution in [2.45, 2.75) is 11.6 Å². The highest BCUT2D eigenvalue weighted by Gasteiger charge is 2.51. The van der Waals surface area contributed by atoms with Gasteiger partial charge in [-0.25, -0.2) is 9.98 Å². The van der Waals surface area contributed by atoms with Crippen LogP contribution < -0.4 is 5.32 Å². The minimum absolute atomic E-state index is 0.457. The van der Waals surface area contributed by atoms with Crippen LogP contribution in [0.5, 0.6) is 0 Å². The topological polar surface area (TPSA) is 36.8 Å². The van der Waals surface area contributed by atoms with Gasteiger partial charge in [-0.3, -0.25) is 0 Å². The first-order valence-electron chi connectivity index (χ1n) is 23.1. The van der Waals surface area contributed by atoms with Crippen LogP contribution in [0, 0.1) is 0 Å². The molecule has 1 unspecified atom stereocenters. The van der Waals surface area contributed by atoms with Gasteiger partial charge in [-0.2, -0.15) is 0 Å². The molecule has 0 radical (unpaired) electrons. The summed E-state index contributed by atoms with van der Waals surface area (Å²) in [6, 6.07) is 90.1. The average Bonchev–Trinajstić information content (AvgIpc) is 3.88. The van der Waals surface area contributed by atoms with Gasteiger partial charge in [0, 0.05) is 11.1 Å². The molecule has 2 aliphatic carbocycles. The Morgan fingerprint density at radius 2 is 0.657 bits per heavy atom. The quantitative estimate of drug-likeness (QED) is 0.170. The van der Waals surface area contributed by atoms with E-state index in [4.69, 9.17) is 9.98 Å². The molecule has 3 heteroatoms. The van der Waals surface area contributed by atoms with Gasteiger partial charge in [-0.05, 0) is 137 Å². The monoisotopic (exact) mass is 853 g/mol. The number of rotatable bonds is 7. The van der Waals surface area contributed by atoms with Crippen molar-refractivity contribution in [2.75, 3.05) is 0 Å². The highest BCUT2D eigenvalue weighted by molar-refractivity contribution is 6.14. The molecular formula is C64H43N3. The van der Waals surface area contributed by atoms with Crippen molar-refractivity contribution in [3.63, 3.8) is 0 Å². The summed E-state index contributed by atoms with van der Waals surface area (Å²) in [6.07, 6.45) is -0.457. The summed E-state index contributed by atoms with van der Waals surface area (Å²) in [6.45, 7) is 0. The van der Waals surface area contributed by atoms with Crippen LogP contribution in [-0.2, 0) is 5.41 Å². The van der Waals surface area contributed by atoms with Crippen LogP contribution in [0.1, 0.15) is 45.1 Å². The third-order valence-corrected chi connectivity index (χ3v) is 13.9. The van der Waals surface area contributed by atoms with Crippen LogP contribution in [0.15, 0.2) is 259 Å². The standard InChI is InChI=1S/C64H43N3/c1-5-19-42(20-6-1)47-35-48(43-21-7-2-8-22-43)38-51(37-47)62-65-61(66-63(67-62)52-39-49(44-23-9-3-10-24-44)36-50(40-52)45-25-11-4-12-26-45)46-33-34-56-55-29-15-18-32-59(55)64(60(56)41-46)57-30-16-13-27-53(57)54-28-14-17-31-58(54)64/h1-41,61H,(H,65,66,67). The van der Waals surface area contributed by atoms with Crippen LogP contribution in [0.4, 0.5) is 0 Å². The molecule has 13 rings (SSSR count). The molecule has 0 saturated carbocycles. The molecule has 314 valence electrons. The minimum atomic E-state index is -0.476. The molecule has 67 heavy (non-hydrogen) atoms. The molecular weight excluding hydrogens is 811 g/mol. The Hall–Kier alpha value is -8.66. The van der Waals surface area contributed by atoms with Crippen LogP contribution >= 0.6 is 0 Å². The Balaban J connectivity index is 1.03. The Morgan fingerprint density at radius 1 is 0.299 bits per heavy atom. The lowest BCUT2D eigenvalue weighted by atomic mass is 9.70. The van der Waals surface area contributed by atoms with E-state index in [2.05, 4.69) is 254 Å². The van der Waals surface area contributed by atoms with E-state index in [-0.39, 0.29) is 0 Å². The van der Waals surface area contributed by atoms with Gasteiger partial charge in [0.15, 0.2) is 5.84 Å². The van der Waals surface area contributed by atoms with Crippen molar-refractivity contribution >= 4 is 11.7 Å². The molecule has 0 bridgehead atoms. The molecule has 1 atom stereocenters. The van der Waals surface area contributed by atoms with E-state index < -0.39 is 11.6 Å². The maximum atomic E-state index is 5.63. The highest BCUT2D eigenvalue weighted by Crippen LogP contribution is 2.63. The van der Waals surface area contributed by atoms with Gasteiger partial charge in [0.05, 0.1) is 5.41 Å². The van der Waals surface area contributed by atoms with Gasteiger partial charge >= 0.3 is 0 Å². The molecule has 0 aromatic heterocycles. The van der Waals surface area contributed by atoms with E-state index in [1.807, 2.05) is 0 Å². The first-order chi connectivity index (χ1) is 33.2. The normalized spacial score (nSPS) is 14.8. The number of hydrogen-bond donors (Lipinski definition) is 1. The third kappa shape index (κ3) is 6.42. The fourth-order valence-electron chi connectivity index (χ4n) is 10.9. The molecule has 3 aliphatic rings. The molecule has 1 aliphatic heterocycles. The van der Waals surface area contributed by atoms with E-state index in [0.29, 0.717) is 5.84 Å². The van der Waals surface area contributed by atoms with Crippen molar-refractivity contribution in [2.24, 2.45) is 9.98 Å². The van der Waals surface area contributed by atoms with Crippen LogP contribution in [0.3, 0.4) is 0 Å². The second kappa shape index (κ2) is 15.8. The van der Waals surface area contributed by atoms with Gasteiger partial charge in [0.2, 0.25) is 0 Å². The first-order valence-corrected chi connectivity index (χ1v) is 23.1. The predicted octanol–water partition coefficient (Wildman–Crippen LogP) is 15.2. The fraction of sp³-hybridized carbons (Fsp3) is 0.0312. The summed E-state index contributed by atoms with van der Waals surface area (Å²) in [5, 5.41) is 3.93. The lowest BCUT2D eigenvalue weighted by Gasteiger charge is -2.31. The fourth-order valence-corrected chi connectivity index (χ4v) is 10.9. The van der Waals surface area contributed by atoms with E-state index in [1.54, 1.807) is 0 Å². The summed E-state index contributed by atoms with van der Waals surface area (Å²) in [5.74, 6) is 1.45. The van der Waals surface area contributed by atoms with E-state index >= 15 is 0 Å². The molecule has 3 nitrogen and oxygen atoms in total. The van der Waals surface area contributed by atoms with Crippen LogP contribution in [-0.4, -0.2) is 11.7 Å². The lowest BCUT2D eigenvalue weighted by molar-refractivity contribution is 0.670. The molecule has 1 N–H and O–H groups in total. The van der Waals surface area contributed by atoms with Crippen molar-refractivity contribution in [1.82, 2.24) is 5.32 Å². The maximum Gasteiger partial charge on any atom is 0.159 e. The molecule has 1 heterocycles. The van der Waals surface area contributed by atoms with Gasteiger partial charge in [0.25, 0.3) is 0 Å². The summed E-state index contributed by atoms with van der Waals surface area (Å²) < 4.78 is 0. The zero-order valence-corrected chi connectivity index (χ0v) is 36.6. The van der Waals surface area contributed by atoms with Crippen molar-refractivity contribution in [3.8, 4) is 66.8 Å². The maximum absolute atomic E-state index is 5.63. The number of benzene rings is 10. The summed E-state index contributed by atoms with van der Waals surface area (Å²) in [4.78, 5) is 11.2. The van der Waals surface area contributed by atoms with Gasteiger partial charge in [-0.1, -0.05) is 206 Å². The largest absolute Gasteiger partial charge is 0.344 e. The SMILES string of the molecule is c1ccc(-c2cc(C3=NC(c4ccc5c(c4)C4(c6ccccc6-c6ccccc64)c4ccccc4-5)NC(c4cc(-c5ccccc5)cc(-c5ccccc5)c4)=N3)cc(-c3ccccc3)c2)cc1. The molecule has 0 fully saturated rings. The highest BCUT2D eigenvalue weighted by atomic mass is 15.2. The molecule has 1 spiro atoms. The Labute approximate surface area is 391 Å². The summed E-state index contributed by atoms with van der Waals surface area (Å²) in [5.41, 5.74) is 21.9. The average molecular weight is 854 g/mol. The molecule has 0 saturated heterocycles. The number of nitrogens with one attached hydrogen (secondary N) is 1. The third-order valence-electron chi connectivity index (χ3n) is 13.9. The second-order valence-corrected chi connectivity index (χ2v) is 17.7. The summed E-state index contributed by atoms with van der Waals surface area (Å²) in [7, 11) is 0. The Bertz CT molecular complexity index is 3410. The smallest absolute Gasteiger partial charge is 0.159 e. The predicted molar refractivity (Wildman–Crippen MR) is 276 cm³/mol. The van der Waals surface area contributed by atoms with Crippen molar-refractivity contribution in [3.05, 3.63) is 288 Å². The molecule has 10 aromatic carbocycles. The first kappa shape index (κ1) is 38.8. The molecule has 10 aromatic rings. The van der Waals surface area contributed by atoms with Crippen molar-refractivity contribution < 1.29 is 0 Å². The summed E-state index contributed by atoms with van der Waals surface area (Å²) >= 11 is 0. The lowest BCUT2D eigenvalue weighted by Crippen LogP contribution is -2.34. The zero-order valence-electron chi connectivity index (χ0n) is 36.6. The number of hydrogen-bond acceptors (Lipinski definition) is 3. The van der Waals surface area contributed by atoms with E-state index in [0.717, 1.165) is 67.0 Å². The van der Waals surface area contributed by atoms with E-state index in [9.17, 15) is 0 Å². The van der Waals surface area contributed by atoms with Crippen molar-refractivity contribution in [1.29, 1.82) is 0 Å². The number of nitrogens with zero attached hydrogens (tertiary/aromatic N) is 2. The van der Waals surface area contributed by atoms with Crippen LogP contribution in [0.25, 0.3) is 66.8 Å². The number of aliphatic imine (C=N–C) groups is 2. The Kier molecular flexibility index (Phi) is 9.14. The van der Waals surface area contributed by atoms with E-state index in [1.165, 1.54) is 44.5 Å². The minimum Gasteiger partial charge on any atom is -0.344 e. The van der Waals surface area contributed by atoms with Gasteiger partial charge in [0.1, 0.15) is 12.0 Å². The number of amidine groups is 2. The second-order valence-electron chi connectivity index (χ2n) is 17.7. The zero-order chi connectivity index (χ0) is 44.3. The Morgan fingerprint density at radius 3 is 1.09 bits per heavy atom. The van der Waals surface area contributed by atoms with Gasteiger partial charge < -0.3 is 5.32 Å². The molecule has 0 amide bonds. The van der Waals surface area contributed by atoms with Gasteiger partial charge in [-0.15, -0.1) is 0 Å². The van der Waals surface area contributed by atoms with Crippen LogP contribution in [0.2, 0.25) is 0 Å². The number of fused-ring (bicyclic) bond motifs is 10.